The summed E-state index contributed by atoms with van der Waals surface area (Å²) in [6.45, 7) is 1.58. The zero-order valence-electron chi connectivity index (χ0n) is 16.9. The molecule has 1 atom stereocenters. The number of aromatic nitrogens is 2. The fourth-order valence-corrected chi connectivity index (χ4v) is 4.47. The van der Waals surface area contributed by atoms with Crippen LogP contribution in [0.2, 0.25) is 0 Å². The van der Waals surface area contributed by atoms with E-state index in [2.05, 4.69) is 14.9 Å². The third-order valence-electron chi connectivity index (χ3n) is 5.48. The molecule has 0 radical (unpaired) electrons. The number of nitrogens with zero attached hydrogens (tertiary/aromatic N) is 4. The Bertz CT molecular complexity index is 933. The molecule has 2 aromatic rings. The van der Waals surface area contributed by atoms with Crippen LogP contribution in [-0.2, 0) is 17.6 Å². The first-order chi connectivity index (χ1) is 14.5. The molecule has 10 heteroatoms. The molecule has 9 nitrogen and oxygen atoms in total. The third-order valence-corrected chi connectivity index (χ3v) is 6.40. The first kappa shape index (κ1) is 20.5. The summed E-state index contributed by atoms with van der Waals surface area (Å²) in [6, 6.07) is 5.81. The molecule has 1 fully saturated rings. The van der Waals surface area contributed by atoms with E-state index in [9.17, 15) is 9.35 Å². The number of rotatable bonds is 5. The third kappa shape index (κ3) is 3.97. The van der Waals surface area contributed by atoms with Crippen molar-refractivity contribution in [1.29, 1.82) is 0 Å². The van der Waals surface area contributed by atoms with Gasteiger partial charge in [0.1, 0.15) is 18.7 Å². The second kappa shape index (κ2) is 8.57. The summed E-state index contributed by atoms with van der Waals surface area (Å²) in [5, 5.41) is 9.10. The summed E-state index contributed by atoms with van der Waals surface area (Å²) >= 11 is -1.03. The number of carbonyl (C=O) groups is 1. The molecule has 4 rings (SSSR count). The summed E-state index contributed by atoms with van der Waals surface area (Å²) < 4.78 is 23.5. The monoisotopic (exact) mass is 432 g/mol. The highest BCUT2D eigenvalue weighted by Crippen LogP contribution is 2.42. The van der Waals surface area contributed by atoms with E-state index in [1.54, 1.807) is 13.4 Å². The number of likely N-dealkylation sites (tertiary alicyclic amines) is 1. The van der Waals surface area contributed by atoms with Crippen LogP contribution in [0, 0.1) is 0 Å². The fraction of sp³-hybridized carbons (Fsp3) is 0.450. The minimum Gasteiger partial charge on any atom is -0.612 e. The Kier molecular flexibility index (Phi) is 5.87. The van der Waals surface area contributed by atoms with E-state index in [1.807, 2.05) is 18.2 Å². The van der Waals surface area contributed by atoms with Crippen molar-refractivity contribution in [2.75, 3.05) is 37.9 Å². The summed E-state index contributed by atoms with van der Waals surface area (Å²) in [4.78, 5) is 24.1. The van der Waals surface area contributed by atoms with Crippen LogP contribution in [0.4, 0.5) is 16.3 Å². The zero-order chi connectivity index (χ0) is 21.3. The van der Waals surface area contributed by atoms with Crippen LogP contribution in [0.25, 0.3) is 0 Å². The van der Waals surface area contributed by atoms with Crippen LogP contribution in [-0.4, -0.2) is 69.7 Å². The normalized spacial score (nSPS) is 17.6. The van der Waals surface area contributed by atoms with Gasteiger partial charge in [-0.05, 0) is 41.4 Å². The smallest absolute Gasteiger partial charge is 0.407 e. The molecule has 160 valence electrons. The molecule has 2 aliphatic rings. The van der Waals surface area contributed by atoms with Gasteiger partial charge in [-0.1, -0.05) is 0 Å². The molecule has 0 aliphatic carbocycles. The highest BCUT2D eigenvalue weighted by Gasteiger charge is 2.29. The number of ether oxygens (including phenoxy) is 2. The summed E-state index contributed by atoms with van der Waals surface area (Å²) in [6.07, 6.45) is 4.09. The van der Waals surface area contributed by atoms with Crippen LogP contribution in [0.15, 0.2) is 29.4 Å². The summed E-state index contributed by atoms with van der Waals surface area (Å²) in [5.74, 6) is 1.43. The molecule has 3 heterocycles. The van der Waals surface area contributed by atoms with Gasteiger partial charge in [-0.2, -0.15) is 4.98 Å². The van der Waals surface area contributed by atoms with Gasteiger partial charge in [-0.3, -0.25) is 0 Å². The van der Waals surface area contributed by atoms with Crippen LogP contribution in [0.5, 0.6) is 11.6 Å². The van der Waals surface area contributed by atoms with Crippen molar-refractivity contribution in [2.45, 2.75) is 30.3 Å². The van der Waals surface area contributed by atoms with Crippen molar-refractivity contribution in [3.8, 4) is 11.6 Å². The van der Waals surface area contributed by atoms with Crippen molar-refractivity contribution >= 4 is 28.8 Å². The lowest BCUT2D eigenvalue weighted by Gasteiger charge is -2.30. The largest absolute Gasteiger partial charge is 0.612 e. The number of anilines is 2. The standard InChI is InChI=1S/C20H24N4O5S/c1-28-17-18(24-10-5-13-11-15(30(2)27)3-4-16(13)24)21-12-22-19(17)29-14-6-8-23(9-7-14)20(25)26/h3-4,11-12,14H,5-10H2,1-2H3,(H,25,26). The van der Waals surface area contributed by atoms with Crippen LogP contribution >= 0.6 is 0 Å². The molecule has 1 aromatic carbocycles. The van der Waals surface area contributed by atoms with Gasteiger partial charge < -0.3 is 28.9 Å². The molecule has 30 heavy (non-hydrogen) atoms. The van der Waals surface area contributed by atoms with Gasteiger partial charge in [0, 0.05) is 38.2 Å². The quantitative estimate of drug-likeness (QED) is 0.717. The minimum atomic E-state index is -1.03. The molecule has 1 N–H and O–H groups in total. The number of hydrogen-bond donors (Lipinski definition) is 1. The molecule has 0 spiro atoms. The Labute approximate surface area is 177 Å². The number of piperidine rings is 1. The maximum Gasteiger partial charge on any atom is 0.407 e. The Balaban J connectivity index is 1.56. The second-order valence-electron chi connectivity index (χ2n) is 7.27. The number of hydrogen-bond acceptors (Lipinski definition) is 7. The predicted molar refractivity (Wildman–Crippen MR) is 111 cm³/mol. The Morgan fingerprint density at radius 1 is 1.27 bits per heavy atom. The summed E-state index contributed by atoms with van der Waals surface area (Å²) in [7, 11) is 1.56. The first-order valence-electron chi connectivity index (χ1n) is 9.75. The molecular formula is C20H24N4O5S. The number of amides is 1. The SMILES string of the molecule is COc1c(OC2CCN(C(=O)O)CC2)ncnc1N1CCc2cc([S+](C)[O-])ccc21. The van der Waals surface area contributed by atoms with E-state index >= 15 is 0 Å². The molecule has 1 saturated heterocycles. The van der Waals surface area contributed by atoms with E-state index in [1.165, 1.54) is 11.2 Å². The van der Waals surface area contributed by atoms with Gasteiger partial charge in [-0.15, -0.1) is 0 Å². The number of benzene rings is 1. The van der Waals surface area contributed by atoms with Crippen LogP contribution in [0.1, 0.15) is 18.4 Å². The average molecular weight is 433 g/mol. The molecule has 0 saturated carbocycles. The van der Waals surface area contributed by atoms with E-state index < -0.39 is 17.3 Å². The predicted octanol–water partition coefficient (Wildman–Crippen LogP) is 2.44. The molecule has 1 amide bonds. The molecular weight excluding hydrogens is 408 g/mol. The number of fused-ring (bicyclic) bond motifs is 1. The van der Waals surface area contributed by atoms with Crippen LogP contribution < -0.4 is 14.4 Å². The maximum absolute atomic E-state index is 11.8. The van der Waals surface area contributed by atoms with Crippen molar-refractivity contribution in [3.63, 3.8) is 0 Å². The lowest BCUT2D eigenvalue weighted by Crippen LogP contribution is -2.41. The highest BCUT2D eigenvalue weighted by atomic mass is 32.2. The Morgan fingerprint density at radius 2 is 2.03 bits per heavy atom. The fourth-order valence-electron chi connectivity index (χ4n) is 3.90. The lowest BCUT2D eigenvalue weighted by atomic mass is 10.1. The van der Waals surface area contributed by atoms with E-state index in [0.29, 0.717) is 43.4 Å². The first-order valence-corrected chi connectivity index (χ1v) is 11.3. The van der Waals surface area contributed by atoms with Gasteiger partial charge in [0.15, 0.2) is 10.7 Å². The van der Waals surface area contributed by atoms with Crippen molar-refractivity contribution in [2.24, 2.45) is 0 Å². The summed E-state index contributed by atoms with van der Waals surface area (Å²) in [5.41, 5.74) is 2.12. The lowest BCUT2D eigenvalue weighted by molar-refractivity contribution is 0.0851. The second-order valence-corrected chi connectivity index (χ2v) is 8.65. The molecule has 1 aromatic heterocycles. The average Bonchev–Trinajstić information content (AvgIpc) is 3.17. The number of methoxy groups -OCH3 is 1. The van der Waals surface area contributed by atoms with Gasteiger partial charge in [0.05, 0.1) is 7.11 Å². The topological polar surface area (TPSA) is 111 Å². The van der Waals surface area contributed by atoms with Crippen molar-refractivity contribution in [1.82, 2.24) is 14.9 Å². The molecule has 2 aliphatic heterocycles. The van der Waals surface area contributed by atoms with Gasteiger partial charge in [-0.25, -0.2) is 9.78 Å². The van der Waals surface area contributed by atoms with Crippen LogP contribution in [0.3, 0.4) is 0 Å². The van der Waals surface area contributed by atoms with Gasteiger partial charge >= 0.3 is 6.09 Å². The Morgan fingerprint density at radius 3 is 2.70 bits per heavy atom. The zero-order valence-corrected chi connectivity index (χ0v) is 17.7. The number of carboxylic acid groups (broad SMARTS) is 1. The highest BCUT2D eigenvalue weighted by molar-refractivity contribution is 7.90. The van der Waals surface area contributed by atoms with E-state index in [4.69, 9.17) is 14.6 Å². The minimum absolute atomic E-state index is 0.134. The maximum atomic E-state index is 11.8. The van der Waals surface area contributed by atoms with Crippen molar-refractivity contribution in [3.05, 3.63) is 30.1 Å². The van der Waals surface area contributed by atoms with Gasteiger partial charge in [0.2, 0.25) is 5.75 Å². The molecule has 1 unspecified atom stereocenters. The van der Waals surface area contributed by atoms with E-state index in [0.717, 1.165) is 29.1 Å². The van der Waals surface area contributed by atoms with Crippen molar-refractivity contribution < 1.29 is 23.9 Å². The Hall–Kier alpha value is -2.72. The van der Waals surface area contributed by atoms with Gasteiger partial charge in [0.25, 0.3) is 5.88 Å². The molecule has 0 bridgehead atoms. The van der Waals surface area contributed by atoms with E-state index in [-0.39, 0.29) is 6.10 Å².